The van der Waals surface area contributed by atoms with Gasteiger partial charge in [0.25, 0.3) is 0 Å². The van der Waals surface area contributed by atoms with Crippen molar-refractivity contribution in [3.05, 3.63) is 24.3 Å². The molecule has 1 aliphatic rings. The van der Waals surface area contributed by atoms with Crippen LogP contribution >= 0.6 is 0 Å². The molecule has 2 N–H and O–H groups in total. The molecule has 1 unspecified atom stereocenters. The number of rotatable bonds is 8. The Kier molecular flexibility index (Phi) is 5.82. The van der Waals surface area contributed by atoms with Crippen molar-refractivity contribution in [3.8, 4) is 0 Å². The molecule has 2 heterocycles. The summed E-state index contributed by atoms with van der Waals surface area (Å²) in [4.78, 5) is 16.9. The minimum Gasteiger partial charge on any atom is -0.382 e. The van der Waals surface area contributed by atoms with Crippen molar-refractivity contribution >= 4 is 22.9 Å². The number of carbonyl (C=O) groups is 1. The lowest BCUT2D eigenvalue weighted by molar-refractivity contribution is -0.116. The van der Waals surface area contributed by atoms with Gasteiger partial charge >= 0.3 is 0 Å². The number of benzene rings is 1. The molecule has 3 rings (SSSR count). The fourth-order valence-electron chi connectivity index (χ4n) is 3.20. The minimum absolute atomic E-state index is 0.0239. The van der Waals surface area contributed by atoms with Crippen molar-refractivity contribution in [2.75, 3.05) is 25.1 Å². The van der Waals surface area contributed by atoms with Crippen LogP contribution in [0.5, 0.6) is 0 Å². The fourth-order valence-corrected chi connectivity index (χ4v) is 3.20. The first-order valence-corrected chi connectivity index (χ1v) is 8.84. The van der Waals surface area contributed by atoms with Crippen LogP contribution in [0.2, 0.25) is 0 Å². The summed E-state index contributed by atoms with van der Waals surface area (Å²) in [5.74, 6) is 0.659. The molecule has 1 amide bonds. The summed E-state index contributed by atoms with van der Waals surface area (Å²) < 4.78 is 7.50. The molecule has 1 saturated heterocycles. The zero-order valence-corrected chi connectivity index (χ0v) is 14.3. The summed E-state index contributed by atoms with van der Waals surface area (Å²) in [7, 11) is 0. The number of nitrogens with zero attached hydrogens (tertiary/aromatic N) is 2. The Bertz CT molecular complexity index is 677. The molecule has 0 radical (unpaired) electrons. The number of anilines is 1. The normalized spacial score (nSPS) is 17.5. The first-order chi connectivity index (χ1) is 11.8. The van der Waals surface area contributed by atoms with Crippen molar-refractivity contribution in [2.24, 2.45) is 0 Å². The maximum absolute atomic E-state index is 12.3. The maximum Gasteiger partial charge on any atom is 0.228 e. The van der Waals surface area contributed by atoms with Crippen LogP contribution in [0, 0.1) is 0 Å². The molecule has 6 heteroatoms. The molecule has 0 saturated carbocycles. The number of nitrogens with one attached hydrogen (secondary N) is 2. The Balaban J connectivity index is 1.71. The number of aryl methyl sites for hydroxylation is 1. The van der Waals surface area contributed by atoms with E-state index in [1.165, 1.54) is 0 Å². The van der Waals surface area contributed by atoms with E-state index in [1.54, 1.807) is 0 Å². The third-order valence-electron chi connectivity index (χ3n) is 4.37. The lowest BCUT2D eigenvalue weighted by Gasteiger charge is -2.12. The van der Waals surface area contributed by atoms with E-state index in [4.69, 9.17) is 4.74 Å². The van der Waals surface area contributed by atoms with Gasteiger partial charge in [0.1, 0.15) is 0 Å². The number of aromatic nitrogens is 2. The Hall–Kier alpha value is -1.92. The van der Waals surface area contributed by atoms with Gasteiger partial charge in [-0.3, -0.25) is 10.1 Å². The lowest BCUT2D eigenvalue weighted by Crippen LogP contribution is -2.28. The number of carbonyl (C=O) groups excluding carboxylic acids is 1. The van der Waals surface area contributed by atoms with Crippen LogP contribution in [-0.2, 0) is 16.1 Å². The van der Waals surface area contributed by atoms with Gasteiger partial charge in [-0.05, 0) is 44.9 Å². The van der Waals surface area contributed by atoms with Crippen LogP contribution in [0.3, 0.4) is 0 Å². The second kappa shape index (κ2) is 8.26. The molecule has 24 heavy (non-hydrogen) atoms. The summed E-state index contributed by atoms with van der Waals surface area (Å²) in [6.45, 7) is 5.21. The fraction of sp³-hybridized carbons (Fsp3) is 0.556. The van der Waals surface area contributed by atoms with Crippen LogP contribution in [-0.4, -0.2) is 41.3 Å². The van der Waals surface area contributed by atoms with Gasteiger partial charge < -0.3 is 14.6 Å². The Morgan fingerprint density at radius 2 is 2.33 bits per heavy atom. The van der Waals surface area contributed by atoms with Gasteiger partial charge in [-0.15, -0.1) is 0 Å². The molecular formula is C18H26N4O2. The van der Waals surface area contributed by atoms with E-state index < -0.39 is 0 Å². The molecule has 1 aliphatic heterocycles. The highest BCUT2D eigenvalue weighted by Gasteiger charge is 2.19. The van der Waals surface area contributed by atoms with Crippen molar-refractivity contribution in [3.63, 3.8) is 0 Å². The van der Waals surface area contributed by atoms with Gasteiger partial charge in [-0.25, -0.2) is 4.98 Å². The third kappa shape index (κ3) is 4.13. The van der Waals surface area contributed by atoms with Gasteiger partial charge in [0.15, 0.2) is 0 Å². The number of para-hydroxylation sites is 2. The molecule has 2 aromatic rings. The summed E-state index contributed by atoms with van der Waals surface area (Å²) in [5, 5.41) is 6.36. The van der Waals surface area contributed by atoms with Gasteiger partial charge in [-0.1, -0.05) is 12.1 Å². The average molecular weight is 330 g/mol. The van der Waals surface area contributed by atoms with E-state index in [-0.39, 0.29) is 5.91 Å². The van der Waals surface area contributed by atoms with Crippen LogP contribution in [0.1, 0.15) is 32.6 Å². The molecule has 1 atom stereocenters. The standard InChI is InChI=1S/C18H26N4O2/c1-2-24-12-6-11-22-16-9-4-3-8-15(16)20-18(22)21-17(23)13-14-7-5-10-19-14/h3-4,8-9,14,19H,2,5-7,10-13H2,1H3,(H,20,21,23). The number of hydrogen-bond donors (Lipinski definition) is 2. The lowest BCUT2D eigenvalue weighted by atomic mass is 10.1. The first kappa shape index (κ1) is 16.9. The Morgan fingerprint density at radius 3 is 3.12 bits per heavy atom. The highest BCUT2D eigenvalue weighted by atomic mass is 16.5. The summed E-state index contributed by atoms with van der Waals surface area (Å²) in [6, 6.07) is 8.27. The zero-order valence-electron chi connectivity index (χ0n) is 14.3. The van der Waals surface area contributed by atoms with E-state index in [9.17, 15) is 4.79 Å². The molecule has 0 bridgehead atoms. The Labute approximate surface area is 142 Å². The molecule has 0 spiro atoms. The average Bonchev–Trinajstić information content (AvgIpc) is 3.19. The second-order valence-electron chi connectivity index (χ2n) is 6.17. The smallest absolute Gasteiger partial charge is 0.228 e. The third-order valence-corrected chi connectivity index (χ3v) is 4.37. The van der Waals surface area contributed by atoms with Crippen LogP contribution in [0.25, 0.3) is 11.0 Å². The zero-order chi connectivity index (χ0) is 16.8. The van der Waals surface area contributed by atoms with Crippen molar-refractivity contribution < 1.29 is 9.53 Å². The van der Waals surface area contributed by atoms with Crippen molar-refractivity contribution in [1.82, 2.24) is 14.9 Å². The first-order valence-electron chi connectivity index (χ1n) is 8.84. The topological polar surface area (TPSA) is 68.2 Å². The molecule has 1 aromatic heterocycles. The maximum atomic E-state index is 12.3. The molecule has 0 aliphatic carbocycles. The molecule has 6 nitrogen and oxygen atoms in total. The molecular weight excluding hydrogens is 304 g/mol. The van der Waals surface area contributed by atoms with Gasteiger partial charge in [-0.2, -0.15) is 0 Å². The van der Waals surface area contributed by atoms with Gasteiger partial charge in [0, 0.05) is 32.2 Å². The van der Waals surface area contributed by atoms with E-state index >= 15 is 0 Å². The highest BCUT2D eigenvalue weighted by Crippen LogP contribution is 2.20. The molecule has 130 valence electrons. The second-order valence-corrected chi connectivity index (χ2v) is 6.17. The highest BCUT2D eigenvalue weighted by molar-refractivity contribution is 5.91. The Morgan fingerprint density at radius 1 is 1.46 bits per heavy atom. The summed E-state index contributed by atoms with van der Waals surface area (Å²) >= 11 is 0. The van der Waals surface area contributed by atoms with Crippen molar-refractivity contribution in [1.29, 1.82) is 0 Å². The minimum atomic E-state index is 0.0239. The van der Waals surface area contributed by atoms with Crippen LogP contribution in [0.15, 0.2) is 24.3 Å². The van der Waals surface area contributed by atoms with E-state index in [2.05, 4.69) is 20.2 Å². The number of amides is 1. The van der Waals surface area contributed by atoms with Gasteiger partial charge in [0.2, 0.25) is 11.9 Å². The van der Waals surface area contributed by atoms with E-state index in [0.29, 0.717) is 25.0 Å². The van der Waals surface area contributed by atoms with E-state index in [0.717, 1.165) is 50.0 Å². The summed E-state index contributed by atoms with van der Waals surface area (Å²) in [5.41, 5.74) is 1.95. The summed E-state index contributed by atoms with van der Waals surface area (Å²) in [6.07, 6.45) is 3.61. The molecule has 1 fully saturated rings. The number of imidazole rings is 1. The van der Waals surface area contributed by atoms with E-state index in [1.807, 2.05) is 31.2 Å². The largest absolute Gasteiger partial charge is 0.382 e. The number of ether oxygens (including phenoxy) is 1. The quantitative estimate of drug-likeness (QED) is 0.730. The van der Waals surface area contributed by atoms with Gasteiger partial charge in [0.05, 0.1) is 11.0 Å². The van der Waals surface area contributed by atoms with Crippen molar-refractivity contribution in [2.45, 2.75) is 45.2 Å². The van der Waals surface area contributed by atoms with Crippen LogP contribution in [0.4, 0.5) is 5.95 Å². The predicted octanol–water partition coefficient (Wildman–Crippen LogP) is 2.54. The van der Waals surface area contributed by atoms with Crippen LogP contribution < -0.4 is 10.6 Å². The number of fused-ring (bicyclic) bond motifs is 1. The predicted molar refractivity (Wildman–Crippen MR) is 95.1 cm³/mol. The monoisotopic (exact) mass is 330 g/mol. The number of hydrogen-bond acceptors (Lipinski definition) is 4. The SMILES string of the molecule is CCOCCCn1c(NC(=O)CC2CCCN2)nc2ccccc21. The molecule has 1 aromatic carbocycles.